The molecule has 2 aliphatic carbocycles. The van der Waals surface area contributed by atoms with E-state index in [4.69, 9.17) is 5.11 Å². The molecule has 2 saturated heterocycles. The van der Waals surface area contributed by atoms with Crippen molar-refractivity contribution in [1.29, 1.82) is 0 Å². The minimum absolute atomic E-state index is 0.284. The van der Waals surface area contributed by atoms with Crippen LogP contribution < -0.4 is 0 Å². The second kappa shape index (κ2) is 5.10. The van der Waals surface area contributed by atoms with E-state index in [0.29, 0.717) is 23.8 Å². The van der Waals surface area contributed by atoms with Crippen LogP contribution >= 0.6 is 0 Å². The van der Waals surface area contributed by atoms with Crippen LogP contribution in [0, 0.1) is 23.2 Å². The molecule has 1 spiro atoms. The second-order valence-electron chi connectivity index (χ2n) is 8.02. The number of fused-ring (bicyclic) bond motifs is 1. The fourth-order valence-corrected chi connectivity index (χ4v) is 5.32. The molecule has 2 saturated carbocycles. The zero-order valence-electron chi connectivity index (χ0n) is 14.1. The van der Waals surface area contributed by atoms with Crippen molar-refractivity contribution in [1.82, 2.24) is 14.7 Å². The van der Waals surface area contributed by atoms with Crippen LogP contribution in [0.2, 0.25) is 0 Å². The van der Waals surface area contributed by atoms with Crippen LogP contribution in [0.5, 0.6) is 0 Å². The van der Waals surface area contributed by atoms with Gasteiger partial charge in [0.25, 0.3) is 0 Å². The predicted octanol–water partition coefficient (Wildman–Crippen LogP) is 1.17. The molecule has 0 radical (unpaired) electrons. The van der Waals surface area contributed by atoms with E-state index in [-0.39, 0.29) is 11.3 Å². The van der Waals surface area contributed by atoms with Crippen LogP contribution in [0.25, 0.3) is 0 Å². The summed E-state index contributed by atoms with van der Waals surface area (Å²) in [7, 11) is 0. The number of carbonyl (C=O) groups excluding carboxylic acids is 1. The van der Waals surface area contributed by atoms with Gasteiger partial charge in [-0.2, -0.15) is 0 Å². The van der Waals surface area contributed by atoms with Crippen LogP contribution in [0.4, 0.5) is 4.79 Å². The molecule has 6 heteroatoms. The molecule has 0 aromatic rings. The van der Waals surface area contributed by atoms with Crippen LogP contribution in [-0.2, 0) is 4.79 Å². The monoisotopic (exact) mass is 321 g/mol. The summed E-state index contributed by atoms with van der Waals surface area (Å²) in [4.78, 5) is 29.4. The number of rotatable bonds is 4. The lowest BCUT2D eigenvalue weighted by atomic mass is 9.60. The first-order valence-electron chi connectivity index (χ1n) is 8.98. The van der Waals surface area contributed by atoms with Gasteiger partial charge >= 0.3 is 6.09 Å². The normalized spacial score (nSPS) is 34.7. The lowest BCUT2D eigenvalue weighted by Crippen LogP contribution is -2.67. The molecule has 2 aliphatic heterocycles. The van der Waals surface area contributed by atoms with Gasteiger partial charge in [-0.25, -0.2) is 4.79 Å². The van der Waals surface area contributed by atoms with Crippen molar-refractivity contribution < 1.29 is 14.7 Å². The summed E-state index contributed by atoms with van der Waals surface area (Å²) in [5.74, 6) is 1.81. The van der Waals surface area contributed by atoms with Crippen molar-refractivity contribution >= 4 is 12.0 Å². The lowest BCUT2D eigenvalue weighted by Gasteiger charge is -2.60. The first-order valence-corrected chi connectivity index (χ1v) is 8.98. The van der Waals surface area contributed by atoms with Crippen molar-refractivity contribution in [2.75, 3.05) is 39.3 Å². The molecule has 6 nitrogen and oxygen atoms in total. The highest BCUT2D eigenvalue weighted by Crippen LogP contribution is 2.57. The minimum atomic E-state index is -0.778. The Bertz CT molecular complexity index is 507. The summed E-state index contributed by atoms with van der Waals surface area (Å²) in [6, 6.07) is 0.628. The Kier molecular flexibility index (Phi) is 3.38. The Morgan fingerprint density at radius 2 is 1.70 bits per heavy atom. The zero-order valence-corrected chi connectivity index (χ0v) is 14.1. The average molecular weight is 321 g/mol. The Labute approximate surface area is 137 Å². The van der Waals surface area contributed by atoms with Gasteiger partial charge in [-0.3, -0.25) is 9.69 Å². The average Bonchev–Trinajstić information content (AvgIpc) is 2.92. The first-order chi connectivity index (χ1) is 11.0. The van der Waals surface area contributed by atoms with Gasteiger partial charge in [-0.1, -0.05) is 0 Å². The maximum absolute atomic E-state index is 12.4. The third kappa shape index (κ3) is 2.25. The van der Waals surface area contributed by atoms with E-state index in [0.717, 1.165) is 52.1 Å². The van der Waals surface area contributed by atoms with Gasteiger partial charge in [-0.15, -0.1) is 0 Å². The fourth-order valence-electron chi connectivity index (χ4n) is 5.32. The molecule has 4 fully saturated rings. The van der Waals surface area contributed by atoms with E-state index < -0.39 is 6.09 Å². The molecule has 1 N–H and O–H groups in total. The fraction of sp³-hybridized carbons (Fsp3) is 0.882. The maximum atomic E-state index is 12.4. The SMILES string of the molecule is CCN(CC)C(=O)[C@H]1[C@@H]2CN(C3CC4(C3)CN(C(=O)O)C4)C[C@@H]21. The summed E-state index contributed by atoms with van der Waals surface area (Å²) >= 11 is 0. The number of likely N-dealkylation sites (tertiary alicyclic amines) is 2. The van der Waals surface area contributed by atoms with E-state index in [2.05, 4.69) is 18.7 Å². The smallest absolute Gasteiger partial charge is 0.407 e. The number of amides is 2. The molecule has 4 rings (SSSR count). The molecule has 4 aliphatic rings. The van der Waals surface area contributed by atoms with E-state index in [1.165, 1.54) is 4.90 Å². The molecule has 23 heavy (non-hydrogen) atoms. The topological polar surface area (TPSA) is 64.1 Å². The molecule has 2 heterocycles. The Hall–Kier alpha value is -1.30. The third-order valence-electron chi connectivity index (χ3n) is 6.76. The van der Waals surface area contributed by atoms with Gasteiger partial charge < -0.3 is 14.9 Å². The Balaban J connectivity index is 1.23. The van der Waals surface area contributed by atoms with E-state index >= 15 is 0 Å². The molecular weight excluding hydrogens is 294 g/mol. The molecule has 3 atom stereocenters. The summed E-state index contributed by atoms with van der Waals surface area (Å²) in [5.41, 5.74) is 0.284. The quantitative estimate of drug-likeness (QED) is 0.844. The van der Waals surface area contributed by atoms with Gasteiger partial charge in [-0.05, 0) is 38.5 Å². The minimum Gasteiger partial charge on any atom is -0.465 e. The molecular formula is C17H27N3O3. The first kappa shape index (κ1) is 15.2. The summed E-state index contributed by atoms with van der Waals surface area (Å²) in [5, 5.41) is 8.95. The van der Waals surface area contributed by atoms with Crippen molar-refractivity contribution in [3.8, 4) is 0 Å². The largest absolute Gasteiger partial charge is 0.465 e. The summed E-state index contributed by atoms with van der Waals surface area (Å²) in [6.07, 6.45) is 1.51. The number of piperidine rings is 1. The number of carboxylic acid groups (broad SMARTS) is 1. The standard InChI is InChI=1S/C17H27N3O3/c1-3-18(4-2)15(21)14-12-7-19(8-13(12)14)11-5-17(6-11)9-20(10-17)16(22)23/h11-14H,3-10H2,1-2H3,(H,22,23)/t12-,13+,14+. The van der Waals surface area contributed by atoms with Crippen molar-refractivity contribution in [2.24, 2.45) is 23.2 Å². The Morgan fingerprint density at radius 1 is 1.13 bits per heavy atom. The predicted molar refractivity (Wildman–Crippen MR) is 85.0 cm³/mol. The molecule has 0 unspecified atom stereocenters. The van der Waals surface area contributed by atoms with Crippen LogP contribution in [0.1, 0.15) is 26.7 Å². The van der Waals surface area contributed by atoms with Gasteiger partial charge in [0, 0.05) is 56.6 Å². The van der Waals surface area contributed by atoms with Crippen molar-refractivity contribution in [3.05, 3.63) is 0 Å². The van der Waals surface area contributed by atoms with Crippen molar-refractivity contribution in [3.63, 3.8) is 0 Å². The highest BCUT2D eigenvalue weighted by Gasteiger charge is 2.63. The van der Waals surface area contributed by atoms with Crippen LogP contribution in [0.3, 0.4) is 0 Å². The van der Waals surface area contributed by atoms with Gasteiger partial charge in [0.15, 0.2) is 0 Å². The lowest BCUT2D eigenvalue weighted by molar-refractivity contribution is -0.133. The van der Waals surface area contributed by atoms with E-state index in [1.54, 1.807) is 0 Å². The second-order valence-corrected chi connectivity index (χ2v) is 8.02. The molecule has 128 valence electrons. The number of carbonyl (C=O) groups is 2. The van der Waals surface area contributed by atoms with E-state index in [1.807, 2.05) is 4.90 Å². The molecule has 0 aromatic carbocycles. The van der Waals surface area contributed by atoms with Crippen LogP contribution in [0.15, 0.2) is 0 Å². The molecule has 0 bridgehead atoms. The molecule has 2 amide bonds. The maximum Gasteiger partial charge on any atom is 0.407 e. The van der Waals surface area contributed by atoms with Gasteiger partial charge in [0.2, 0.25) is 5.91 Å². The number of nitrogens with zero attached hydrogens (tertiary/aromatic N) is 3. The number of hydrogen-bond donors (Lipinski definition) is 1. The summed E-state index contributed by atoms with van der Waals surface area (Å²) < 4.78 is 0. The zero-order chi connectivity index (χ0) is 16.4. The van der Waals surface area contributed by atoms with Crippen LogP contribution in [-0.4, -0.2) is 77.1 Å². The highest BCUT2D eigenvalue weighted by molar-refractivity contribution is 5.82. The van der Waals surface area contributed by atoms with Gasteiger partial charge in [0.1, 0.15) is 0 Å². The number of hydrogen-bond acceptors (Lipinski definition) is 3. The third-order valence-corrected chi connectivity index (χ3v) is 6.76. The Morgan fingerprint density at radius 3 is 2.17 bits per heavy atom. The molecule has 0 aromatic heterocycles. The highest BCUT2D eigenvalue weighted by atomic mass is 16.4. The van der Waals surface area contributed by atoms with Gasteiger partial charge in [0.05, 0.1) is 0 Å². The summed E-state index contributed by atoms with van der Waals surface area (Å²) in [6.45, 7) is 9.35. The van der Waals surface area contributed by atoms with E-state index in [9.17, 15) is 9.59 Å². The van der Waals surface area contributed by atoms with Crippen molar-refractivity contribution in [2.45, 2.75) is 32.7 Å².